The Balaban J connectivity index is 2.05. The van der Waals surface area contributed by atoms with E-state index in [-0.39, 0.29) is 12.0 Å². The molecule has 2 heterocycles. The highest BCUT2D eigenvalue weighted by Crippen LogP contribution is 2.11. The van der Waals surface area contributed by atoms with Gasteiger partial charge >= 0.3 is 6.01 Å². The van der Waals surface area contributed by atoms with Crippen molar-refractivity contribution in [3.8, 4) is 6.01 Å². The van der Waals surface area contributed by atoms with Crippen molar-refractivity contribution < 1.29 is 4.74 Å². The first kappa shape index (κ1) is 11.5. The van der Waals surface area contributed by atoms with Gasteiger partial charge in [0.2, 0.25) is 11.9 Å². The van der Waals surface area contributed by atoms with Gasteiger partial charge in [-0.25, -0.2) is 4.98 Å². The van der Waals surface area contributed by atoms with Crippen LogP contribution in [-0.2, 0) is 6.54 Å². The molecular weight excluding hydrogens is 240 g/mol. The molecule has 0 aliphatic heterocycles. The first-order chi connectivity index (χ1) is 8.17. The van der Waals surface area contributed by atoms with Crippen molar-refractivity contribution in [2.45, 2.75) is 13.5 Å². The largest absolute Gasteiger partial charge is 0.467 e. The summed E-state index contributed by atoms with van der Waals surface area (Å²) in [4.78, 5) is 16.1. The van der Waals surface area contributed by atoms with Gasteiger partial charge < -0.3 is 15.8 Å². The fourth-order valence-electron chi connectivity index (χ4n) is 1.20. The molecule has 0 amide bonds. The van der Waals surface area contributed by atoms with Crippen LogP contribution in [-0.4, -0.2) is 27.0 Å². The number of thiazole rings is 1. The summed E-state index contributed by atoms with van der Waals surface area (Å²) in [5, 5.41) is 6.01. The van der Waals surface area contributed by atoms with Gasteiger partial charge in [0.15, 0.2) is 0 Å². The summed E-state index contributed by atoms with van der Waals surface area (Å²) < 4.78 is 4.90. The summed E-state index contributed by atoms with van der Waals surface area (Å²) in [7, 11) is 1.47. The van der Waals surface area contributed by atoms with Crippen molar-refractivity contribution in [1.82, 2.24) is 19.9 Å². The van der Waals surface area contributed by atoms with Gasteiger partial charge in [0.25, 0.3) is 0 Å². The molecule has 0 spiro atoms. The van der Waals surface area contributed by atoms with Gasteiger partial charge in [-0.3, -0.25) is 0 Å². The van der Waals surface area contributed by atoms with Crippen molar-refractivity contribution in [2.75, 3.05) is 18.2 Å². The van der Waals surface area contributed by atoms with E-state index >= 15 is 0 Å². The summed E-state index contributed by atoms with van der Waals surface area (Å²) in [6, 6.07) is 0.189. The number of aryl methyl sites for hydroxylation is 1. The molecule has 0 unspecified atom stereocenters. The van der Waals surface area contributed by atoms with E-state index in [0.717, 1.165) is 10.7 Å². The Kier molecular flexibility index (Phi) is 3.33. The average molecular weight is 252 g/mol. The Hall–Kier alpha value is -1.96. The van der Waals surface area contributed by atoms with Gasteiger partial charge in [-0.1, -0.05) is 0 Å². The van der Waals surface area contributed by atoms with Crippen LogP contribution in [0.25, 0.3) is 0 Å². The normalized spacial score (nSPS) is 10.2. The third-order valence-corrected chi connectivity index (χ3v) is 2.73. The fourth-order valence-corrected chi connectivity index (χ4v) is 1.81. The van der Waals surface area contributed by atoms with Crippen molar-refractivity contribution in [2.24, 2.45) is 0 Å². The number of rotatable bonds is 4. The maximum atomic E-state index is 5.51. The second-order valence-corrected chi connectivity index (χ2v) is 4.28. The van der Waals surface area contributed by atoms with Crippen LogP contribution in [0.3, 0.4) is 0 Å². The lowest BCUT2D eigenvalue weighted by Gasteiger charge is -2.04. The Bertz CT molecular complexity index is 514. The number of nitrogens with one attached hydrogen (secondary N) is 1. The minimum atomic E-state index is 0.119. The first-order valence-corrected chi connectivity index (χ1v) is 5.76. The Morgan fingerprint density at radius 1 is 1.35 bits per heavy atom. The van der Waals surface area contributed by atoms with E-state index in [1.54, 1.807) is 11.3 Å². The summed E-state index contributed by atoms with van der Waals surface area (Å²) in [6.45, 7) is 2.50. The van der Waals surface area contributed by atoms with E-state index in [4.69, 9.17) is 10.5 Å². The summed E-state index contributed by atoms with van der Waals surface area (Å²) in [6.07, 6.45) is 0. The van der Waals surface area contributed by atoms with E-state index in [1.165, 1.54) is 7.11 Å². The Morgan fingerprint density at radius 3 is 2.82 bits per heavy atom. The molecule has 0 fully saturated rings. The minimum Gasteiger partial charge on any atom is -0.467 e. The van der Waals surface area contributed by atoms with Crippen LogP contribution >= 0.6 is 11.3 Å². The topological polar surface area (TPSA) is 98.8 Å². The molecule has 17 heavy (non-hydrogen) atoms. The fraction of sp³-hybridized carbons (Fsp3) is 0.333. The van der Waals surface area contributed by atoms with Crippen molar-refractivity contribution in [1.29, 1.82) is 0 Å². The zero-order valence-corrected chi connectivity index (χ0v) is 10.3. The van der Waals surface area contributed by atoms with E-state index in [9.17, 15) is 0 Å². The number of nitrogen functional groups attached to an aromatic ring is 1. The van der Waals surface area contributed by atoms with Gasteiger partial charge in [0.1, 0.15) is 0 Å². The van der Waals surface area contributed by atoms with Gasteiger partial charge in [0, 0.05) is 5.38 Å². The predicted octanol–water partition coefficient (Wildman–Crippen LogP) is 0.839. The van der Waals surface area contributed by atoms with Gasteiger partial charge in [-0.05, 0) is 6.92 Å². The van der Waals surface area contributed by atoms with Gasteiger partial charge in [0.05, 0.1) is 24.4 Å². The van der Waals surface area contributed by atoms with Crippen molar-refractivity contribution in [3.63, 3.8) is 0 Å². The third-order valence-electron chi connectivity index (χ3n) is 1.91. The lowest BCUT2D eigenvalue weighted by Crippen LogP contribution is -2.08. The molecule has 0 aliphatic rings. The second kappa shape index (κ2) is 4.91. The SMILES string of the molecule is COc1nc(N)nc(NCc2csc(C)n2)n1. The second-order valence-electron chi connectivity index (χ2n) is 3.22. The molecule has 90 valence electrons. The number of nitrogens with two attached hydrogens (primary N) is 1. The van der Waals surface area contributed by atoms with Crippen LogP contribution in [0.1, 0.15) is 10.7 Å². The number of nitrogens with zero attached hydrogens (tertiary/aromatic N) is 4. The smallest absolute Gasteiger partial charge is 0.322 e. The maximum Gasteiger partial charge on any atom is 0.322 e. The molecule has 3 N–H and O–H groups in total. The first-order valence-electron chi connectivity index (χ1n) is 4.88. The molecule has 0 saturated carbocycles. The summed E-state index contributed by atoms with van der Waals surface area (Å²) in [5.74, 6) is 0.494. The minimum absolute atomic E-state index is 0.119. The molecule has 7 nitrogen and oxygen atoms in total. The van der Waals surface area contributed by atoms with E-state index in [0.29, 0.717) is 12.5 Å². The molecule has 0 bridgehead atoms. The average Bonchev–Trinajstić information content (AvgIpc) is 2.72. The van der Waals surface area contributed by atoms with Crippen LogP contribution < -0.4 is 15.8 Å². The molecule has 0 radical (unpaired) electrons. The lowest BCUT2D eigenvalue weighted by atomic mass is 10.5. The molecule has 2 rings (SSSR count). The lowest BCUT2D eigenvalue weighted by molar-refractivity contribution is 0.379. The highest BCUT2D eigenvalue weighted by atomic mass is 32.1. The number of methoxy groups -OCH3 is 1. The highest BCUT2D eigenvalue weighted by molar-refractivity contribution is 7.09. The summed E-state index contributed by atoms with van der Waals surface area (Å²) >= 11 is 1.60. The van der Waals surface area contributed by atoms with Gasteiger partial charge in [-0.15, -0.1) is 11.3 Å². The summed E-state index contributed by atoms with van der Waals surface area (Å²) in [5.41, 5.74) is 6.45. The molecule has 0 atom stereocenters. The van der Waals surface area contributed by atoms with Crippen LogP contribution in [0.15, 0.2) is 5.38 Å². The Labute approximate surface area is 102 Å². The van der Waals surface area contributed by atoms with E-state index in [2.05, 4.69) is 25.3 Å². The molecule has 2 aromatic heterocycles. The molecule has 8 heteroatoms. The molecular formula is C9H12N6OS. The van der Waals surface area contributed by atoms with Crippen LogP contribution in [0.4, 0.5) is 11.9 Å². The molecule has 0 aliphatic carbocycles. The number of hydrogen-bond acceptors (Lipinski definition) is 8. The molecule has 2 aromatic rings. The van der Waals surface area contributed by atoms with Crippen LogP contribution in [0.5, 0.6) is 6.01 Å². The van der Waals surface area contributed by atoms with Crippen LogP contribution in [0.2, 0.25) is 0 Å². The van der Waals surface area contributed by atoms with E-state index < -0.39 is 0 Å². The molecule has 0 aromatic carbocycles. The zero-order chi connectivity index (χ0) is 12.3. The maximum absolute atomic E-state index is 5.51. The zero-order valence-electron chi connectivity index (χ0n) is 9.47. The van der Waals surface area contributed by atoms with Crippen LogP contribution in [0, 0.1) is 6.92 Å². The number of ether oxygens (including phenoxy) is 1. The van der Waals surface area contributed by atoms with Crippen molar-refractivity contribution in [3.05, 3.63) is 16.1 Å². The highest BCUT2D eigenvalue weighted by Gasteiger charge is 2.05. The van der Waals surface area contributed by atoms with Crippen molar-refractivity contribution >= 4 is 23.2 Å². The van der Waals surface area contributed by atoms with Gasteiger partial charge in [-0.2, -0.15) is 15.0 Å². The molecule has 0 saturated heterocycles. The Morgan fingerprint density at radius 2 is 2.18 bits per heavy atom. The third kappa shape index (κ3) is 3.00. The quantitative estimate of drug-likeness (QED) is 0.831. The number of hydrogen-bond donors (Lipinski definition) is 2. The monoisotopic (exact) mass is 252 g/mol. The predicted molar refractivity (Wildman–Crippen MR) is 65.0 cm³/mol. The number of anilines is 2. The van der Waals surface area contributed by atoms with E-state index in [1.807, 2.05) is 12.3 Å². The standard InChI is InChI=1S/C9H12N6OS/c1-5-12-6(4-17-5)3-11-8-13-7(10)14-9(15-8)16-2/h4H,3H2,1-2H3,(H3,10,11,13,14,15). The number of aromatic nitrogens is 4.